The number of amides is 2. The second-order valence-corrected chi connectivity index (χ2v) is 8.16. The highest BCUT2D eigenvalue weighted by atomic mass is 32.1. The van der Waals surface area contributed by atoms with E-state index in [0.29, 0.717) is 22.9 Å². The molecule has 2 N–H and O–H groups in total. The first-order valence-corrected chi connectivity index (χ1v) is 11.4. The van der Waals surface area contributed by atoms with Crippen molar-refractivity contribution in [3.8, 4) is 22.9 Å². The van der Waals surface area contributed by atoms with E-state index in [-0.39, 0.29) is 18.1 Å². The molecule has 0 saturated carbocycles. The van der Waals surface area contributed by atoms with Crippen LogP contribution >= 0.6 is 11.3 Å². The highest BCUT2D eigenvalue weighted by molar-refractivity contribution is 7.10. The minimum absolute atomic E-state index is 0.0117. The average molecular weight is 491 g/mol. The first-order chi connectivity index (χ1) is 17.1. The summed E-state index contributed by atoms with van der Waals surface area (Å²) in [6, 6.07) is 17.5. The SMILES string of the molecule is COc1ccc(C(=O)N/C(=C\c2cccs2)C(=O)NCc2nc(-c3ccc(OC)cc3)no2)cc1. The van der Waals surface area contributed by atoms with Crippen molar-refractivity contribution in [2.75, 3.05) is 14.2 Å². The molecular weight excluding hydrogens is 468 g/mol. The summed E-state index contributed by atoms with van der Waals surface area (Å²) in [5.41, 5.74) is 1.22. The standard InChI is InChI=1S/C25H22N4O5S/c1-32-18-9-5-16(6-10-18)23-28-22(34-29-23)15-26-25(31)21(14-20-4-3-13-35-20)27-24(30)17-7-11-19(33-2)12-8-17/h3-14H,15H2,1-2H3,(H,26,31)(H,27,30)/b21-14-. The van der Waals surface area contributed by atoms with Crippen LogP contribution in [0, 0.1) is 0 Å². The molecule has 2 aromatic heterocycles. The van der Waals surface area contributed by atoms with Gasteiger partial charge in [0.1, 0.15) is 17.2 Å². The lowest BCUT2D eigenvalue weighted by molar-refractivity contribution is -0.118. The molecule has 2 heterocycles. The lowest BCUT2D eigenvalue weighted by atomic mass is 10.2. The molecule has 0 atom stereocenters. The van der Waals surface area contributed by atoms with Crippen LogP contribution in [0.3, 0.4) is 0 Å². The van der Waals surface area contributed by atoms with Crippen LogP contribution in [0.2, 0.25) is 0 Å². The van der Waals surface area contributed by atoms with E-state index in [1.165, 1.54) is 11.3 Å². The van der Waals surface area contributed by atoms with Gasteiger partial charge in [0.15, 0.2) is 0 Å². The molecule has 10 heteroatoms. The smallest absolute Gasteiger partial charge is 0.268 e. The summed E-state index contributed by atoms with van der Waals surface area (Å²) >= 11 is 1.44. The van der Waals surface area contributed by atoms with Gasteiger partial charge in [0.2, 0.25) is 11.7 Å². The van der Waals surface area contributed by atoms with Crippen molar-refractivity contribution in [1.29, 1.82) is 0 Å². The Bertz CT molecular complexity index is 1310. The maximum absolute atomic E-state index is 12.9. The zero-order valence-corrected chi connectivity index (χ0v) is 19.8. The molecule has 0 aliphatic carbocycles. The van der Waals surface area contributed by atoms with Gasteiger partial charge in [-0.2, -0.15) is 4.98 Å². The Morgan fingerprint density at radius 2 is 1.69 bits per heavy atom. The van der Waals surface area contributed by atoms with Gasteiger partial charge < -0.3 is 24.6 Å². The Balaban J connectivity index is 1.44. The predicted molar refractivity (Wildman–Crippen MR) is 131 cm³/mol. The van der Waals surface area contributed by atoms with Crippen molar-refractivity contribution < 1.29 is 23.6 Å². The van der Waals surface area contributed by atoms with Crippen molar-refractivity contribution in [3.05, 3.63) is 88.1 Å². The van der Waals surface area contributed by atoms with Crippen LogP contribution < -0.4 is 20.1 Å². The lowest BCUT2D eigenvalue weighted by Crippen LogP contribution is -2.34. The summed E-state index contributed by atoms with van der Waals surface area (Å²) in [5, 5.41) is 11.2. The molecule has 9 nitrogen and oxygen atoms in total. The third kappa shape index (κ3) is 6.12. The third-order valence-electron chi connectivity index (χ3n) is 4.89. The van der Waals surface area contributed by atoms with Crippen molar-refractivity contribution in [2.45, 2.75) is 6.54 Å². The van der Waals surface area contributed by atoms with Gasteiger partial charge in [-0.25, -0.2) is 0 Å². The van der Waals surface area contributed by atoms with E-state index in [2.05, 4.69) is 20.8 Å². The highest BCUT2D eigenvalue weighted by Gasteiger charge is 2.17. The molecule has 2 amide bonds. The van der Waals surface area contributed by atoms with E-state index in [0.717, 1.165) is 10.4 Å². The van der Waals surface area contributed by atoms with Crippen LogP contribution in [0.15, 0.2) is 76.3 Å². The summed E-state index contributed by atoms with van der Waals surface area (Å²) in [7, 11) is 3.13. The molecule has 4 aromatic rings. The van der Waals surface area contributed by atoms with Gasteiger partial charge in [-0.15, -0.1) is 11.3 Å². The molecule has 4 rings (SSSR count). The number of hydrogen-bond donors (Lipinski definition) is 2. The van der Waals surface area contributed by atoms with E-state index in [1.54, 1.807) is 56.7 Å². The Labute approximate surface area is 205 Å². The molecule has 0 fully saturated rings. The monoisotopic (exact) mass is 490 g/mol. The quantitative estimate of drug-likeness (QED) is 0.342. The van der Waals surface area contributed by atoms with Crippen LogP contribution in [0.5, 0.6) is 11.5 Å². The van der Waals surface area contributed by atoms with Gasteiger partial charge in [-0.1, -0.05) is 11.2 Å². The number of ether oxygens (including phenoxy) is 2. The molecule has 35 heavy (non-hydrogen) atoms. The van der Waals surface area contributed by atoms with Crippen LogP contribution in [-0.2, 0) is 11.3 Å². The van der Waals surface area contributed by atoms with Gasteiger partial charge in [-0.3, -0.25) is 9.59 Å². The van der Waals surface area contributed by atoms with E-state index >= 15 is 0 Å². The molecular formula is C25H22N4O5S. The van der Waals surface area contributed by atoms with E-state index in [9.17, 15) is 9.59 Å². The fraction of sp³-hybridized carbons (Fsp3) is 0.120. The fourth-order valence-corrected chi connectivity index (χ4v) is 3.70. The second-order valence-electron chi connectivity index (χ2n) is 7.18. The number of nitrogens with one attached hydrogen (secondary N) is 2. The molecule has 0 aliphatic rings. The van der Waals surface area contributed by atoms with Crippen LogP contribution in [0.25, 0.3) is 17.5 Å². The van der Waals surface area contributed by atoms with Crippen LogP contribution in [0.4, 0.5) is 0 Å². The van der Waals surface area contributed by atoms with Crippen molar-refractivity contribution in [3.63, 3.8) is 0 Å². The third-order valence-corrected chi connectivity index (χ3v) is 5.71. The van der Waals surface area contributed by atoms with Crippen LogP contribution in [0.1, 0.15) is 21.1 Å². The summed E-state index contributed by atoms with van der Waals surface area (Å²) in [6.07, 6.45) is 1.61. The molecule has 178 valence electrons. The van der Waals surface area contributed by atoms with Gasteiger partial charge in [0.25, 0.3) is 11.8 Å². The second kappa shape index (κ2) is 11.1. The Hall–Kier alpha value is -4.44. The number of thiophene rings is 1. The number of carbonyl (C=O) groups is 2. The molecule has 0 unspecified atom stereocenters. The summed E-state index contributed by atoms with van der Waals surface area (Å²) in [5.74, 6) is 1.03. The molecule has 0 aliphatic heterocycles. The van der Waals surface area contributed by atoms with Crippen molar-refractivity contribution >= 4 is 29.2 Å². The van der Waals surface area contributed by atoms with Crippen molar-refractivity contribution in [1.82, 2.24) is 20.8 Å². The average Bonchev–Trinajstić information content (AvgIpc) is 3.59. The van der Waals surface area contributed by atoms with Crippen LogP contribution in [-0.4, -0.2) is 36.2 Å². The summed E-state index contributed by atoms with van der Waals surface area (Å²) in [6.45, 7) is -0.0117. The largest absolute Gasteiger partial charge is 0.497 e. The summed E-state index contributed by atoms with van der Waals surface area (Å²) < 4.78 is 15.5. The number of benzene rings is 2. The zero-order chi connectivity index (χ0) is 24.6. The molecule has 0 spiro atoms. The molecule has 0 radical (unpaired) electrons. The van der Waals surface area contributed by atoms with Gasteiger partial charge in [0, 0.05) is 16.0 Å². The number of aromatic nitrogens is 2. The Morgan fingerprint density at radius 1 is 1.00 bits per heavy atom. The topological polar surface area (TPSA) is 116 Å². The maximum atomic E-state index is 12.9. The lowest BCUT2D eigenvalue weighted by Gasteiger charge is -2.10. The van der Waals surface area contributed by atoms with Crippen molar-refractivity contribution in [2.24, 2.45) is 0 Å². The number of nitrogens with zero attached hydrogens (tertiary/aromatic N) is 2. The highest BCUT2D eigenvalue weighted by Crippen LogP contribution is 2.20. The normalized spacial score (nSPS) is 11.1. The molecule has 2 aromatic carbocycles. The predicted octanol–water partition coefficient (Wildman–Crippen LogP) is 3.90. The first-order valence-electron chi connectivity index (χ1n) is 10.5. The minimum Gasteiger partial charge on any atom is -0.497 e. The maximum Gasteiger partial charge on any atom is 0.268 e. The Morgan fingerprint density at radius 3 is 2.31 bits per heavy atom. The zero-order valence-electron chi connectivity index (χ0n) is 19.0. The van der Waals surface area contributed by atoms with Gasteiger partial charge >= 0.3 is 0 Å². The first kappa shape index (κ1) is 23.7. The van der Waals surface area contributed by atoms with E-state index < -0.39 is 11.8 Å². The minimum atomic E-state index is -0.496. The fourth-order valence-electron chi connectivity index (χ4n) is 3.05. The van der Waals surface area contributed by atoms with E-state index in [1.807, 2.05) is 29.6 Å². The Kier molecular flexibility index (Phi) is 7.53. The molecule has 0 saturated heterocycles. The van der Waals surface area contributed by atoms with Gasteiger partial charge in [0.05, 0.1) is 20.8 Å². The molecule has 0 bridgehead atoms. The number of hydrogen-bond acceptors (Lipinski definition) is 8. The number of rotatable bonds is 9. The number of carbonyl (C=O) groups excluding carboxylic acids is 2. The summed E-state index contributed by atoms with van der Waals surface area (Å²) in [4.78, 5) is 30.8. The van der Waals surface area contributed by atoms with Gasteiger partial charge in [-0.05, 0) is 66.1 Å². The number of methoxy groups -OCH3 is 2. The van der Waals surface area contributed by atoms with E-state index in [4.69, 9.17) is 14.0 Å².